The quantitative estimate of drug-likeness (QED) is 0.539. The Labute approximate surface area is 166 Å². The Balaban J connectivity index is 1.73. The van der Waals surface area contributed by atoms with Gasteiger partial charge in [-0.1, -0.05) is 18.2 Å². The molecule has 2 aromatic carbocycles. The highest BCUT2D eigenvalue weighted by molar-refractivity contribution is 5.90. The van der Waals surface area contributed by atoms with Gasteiger partial charge in [0.1, 0.15) is 12.7 Å². The number of hydrogen-bond acceptors (Lipinski definition) is 6. The third-order valence-corrected chi connectivity index (χ3v) is 4.62. The van der Waals surface area contributed by atoms with Gasteiger partial charge in [-0.05, 0) is 23.8 Å². The maximum absolute atomic E-state index is 15.0. The SMILES string of the molecule is N#Cc1ccc(C2CN(c3c(C#N)ccc(COC(=O)NC(=N)N)c3F)C2)cc1. The van der Waals surface area contributed by atoms with Gasteiger partial charge in [-0.25, -0.2) is 9.18 Å². The highest BCUT2D eigenvalue weighted by atomic mass is 19.1. The average Bonchev–Trinajstić information content (AvgIpc) is 2.67. The van der Waals surface area contributed by atoms with Crippen LogP contribution < -0.4 is 16.0 Å². The number of amides is 1. The molecule has 146 valence electrons. The fourth-order valence-electron chi connectivity index (χ4n) is 3.11. The lowest BCUT2D eigenvalue weighted by atomic mass is 9.89. The van der Waals surface area contributed by atoms with Crippen LogP contribution in [0.1, 0.15) is 28.2 Å². The Kier molecular flexibility index (Phi) is 5.61. The Morgan fingerprint density at radius 3 is 2.52 bits per heavy atom. The third kappa shape index (κ3) is 4.25. The number of ether oxygens (including phenoxy) is 1. The summed E-state index contributed by atoms with van der Waals surface area (Å²) in [5.41, 5.74) is 7.12. The number of alkyl carbamates (subject to hydrolysis) is 1. The zero-order valence-corrected chi connectivity index (χ0v) is 15.3. The van der Waals surface area contributed by atoms with Crippen LogP contribution in [0.3, 0.4) is 0 Å². The predicted octanol–water partition coefficient (Wildman–Crippen LogP) is 2.29. The molecule has 1 fully saturated rings. The maximum Gasteiger partial charge on any atom is 0.414 e. The van der Waals surface area contributed by atoms with E-state index in [4.69, 9.17) is 21.1 Å². The molecule has 2 aromatic rings. The summed E-state index contributed by atoms with van der Waals surface area (Å²) in [6, 6.07) is 14.2. The first-order valence-electron chi connectivity index (χ1n) is 8.67. The molecule has 1 heterocycles. The van der Waals surface area contributed by atoms with Gasteiger partial charge in [0.05, 0.1) is 22.9 Å². The normalized spacial score (nSPS) is 13.0. The summed E-state index contributed by atoms with van der Waals surface area (Å²) in [5, 5.41) is 27.1. The average molecular weight is 392 g/mol. The van der Waals surface area contributed by atoms with Gasteiger partial charge in [-0.2, -0.15) is 10.5 Å². The molecule has 4 N–H and O–H groups in total. The van der Waals surface area contributed by atoms with Crippen molar-refractivity contribution < 1.29 is 13.9 Å². The lowest BCUT2D eigenvalue weighted by molar-refractivity contribution is 0.143. The van der Waals surface area contributed by atoms with Crippen LogP contribution in [-0.2, 0) is 11.3 Å². The second-order valence-corrected chi connectivity index (χ2v) is 6.50. The molecule has 0 radical (unpaired) electrons. The van der Waals surface area contributed by atoms with E-state index in [1.54, 1.807) is 17.0 Å². The molecule has 1 saturated heterocycles. The number of carbonyl (C=O) groups excluding carboxylic acids is 1. The van der Waals surface area contributed by atoms with E-state index >= 15 is 4.39 Å². The summed E-state index contributed by atoms with van der Waals surface area (Å²) in [5.74, 6) is -1.04. The number of nitrogens with one attached hydrogen (secondary N) is 2. The Hall–Kier alpha value is -4.11. The van der Waals surface area contributed by atoms with E-state index in [0.717, 1.165) is 5.56 Å². The Morgan fingerprint density at radius 2 is 1.93 bits per heavy atom. The van der Waals surface area contributed by atoms with Crippen LogP contribution in [0.15, 0.2) is 36.4 Å². The molecule has 8 nitrogen and oxygen atoms in total. The fraction of sp³-hybridized carbons (Fsp3) is 0.200. The minimum absolute atomic E-state index is 0.111. The molecule has 0 aliphatic carbocycles. The van der Waals surface area contributed by atoms with E-state index in [9.17, 15) is 10.1 Å². The number of nitriles is 2. The number of anilines is 1. The third-order valence-electron chi connectivity index (χ3n) is 4.62. The number of carbonyl (C=O) groups is 1. The van der Waals surface area contributed by atoms with Crippen LogP contribution in [0.25, 0.3) is 0 Å². The molecule has 0 atom stereocenters. The molecule has 0 saturated carbocycles. The van der Waals surface area contributed by atoms with Crippen molar-refractivity contribution in [2.24, 2.45) is 5.73 Å². The van der Waals surface area contributed by atoms with Gasteiger partial charge in [0.15, 0.2) is 11.8 Å². The first-order valence-corrected chi connectivity index (χ1v) is 8.67. The van der Waals surface area contributed by atoms with E-state index in [2.05, 4.69) is 6.07 Å². The van der Waals surface area contributed by atoms with E-state index in [0.29, 0.717) is 18.7 Å². The molecule has 1 amide bonds. The number of benzene rings is 2. The monoisotopic (exact) mass is 392 g/mol. The maximum atomic E-state index is 15.0. The topological polar surface area (TPSA) is 139 Å². The highest BCUT2D eigenvalue weighted by Gasteiger charge is 2.32. The van der Waals surface area contributed by atoms with Crippen molar-refractivity contribution in [3.05, 3.63) is 64.5 Å². The van der Waals surface area contributed by atoms with Gasteiger partial charge in [0.2, 0.25) is 0 Å². The van der Waals surface area contributed by atoms with E-state index in [1.165, 1.54) is 12.1 Å². The van der Waals surface area contributed by atoms with Crippen LogP contribution in [0.2, 0.25) is 0 Å². The standard InChI is InChI=1S/C20H17FN6O2/c21-17-15(11-29-20(28)26-19(24)25)6-5-14(8-23)18(17)27-9-16(10-27)13-3-1-12(7-22)2-4-13/h1-6,16H,9-11H2,(H4,24,25,26,28). The summed E-state index contributed by atoms with van der Waals surface area (Å²) >= 11 is 0. The minimum Gasteiger partial charge on any atom is -0.444 e. The van der Waals surface area contributed by atoms with Gasteiger partial charge in [-0.3, -0.25) is 10.7 Å². The van der Waals surface area contributed by atoms with Gasteiger partial charge >= 0.3 is 6.09 Å². The van der Waals surface area contributed by atoms with Crippen LogP contribution >= 0.6 is 0 Å². The largest absolute Gasteiger partial charge is 0.444 e. The minimum atomic E-state index is -0.965. The second kappa shape index (κ2) is 8.28. The van der Waals surface area contributed by atoms with Crippen molar-refractivity contribution in [1.82, 2.24) is 5.32 Å². The van der Waals surface area contributed by atoms with Gasteiger partial charge in [-0.15, -0.1) is 0 Å². The number of nitrogens with zero attached hydrogens (tertiary/aromatic N) is 3. The number of guanidine groups is 1. The summed E-state index contributed by atoms with van der Waals surface area (Å²) in [6.07, 6.45) is -0.965. The van der Waals surface area contributed by atoms with Crippen LogP contribution in [0, 0.1) is 33.9 Å². The highest BCUT2D eigenvalue weighted by Crippen LogP contribution is 2.36. The zero-order chi connectivity index (χ0) is 21.0. The first-order chi connectivity index (χ1) is 13.9. The van der Waals surface area contributed by atoms with Crippen molar-refractivity contribution in [3.8, 4) is 12.1 Å². The summed E-state index contributed by atoms with van der Waals surface area (Å²) in [4.78, 5) is 13.2. The number of rotatable bonds is 4. The van der Waals surface area contributed by atoms with Crippen molar-refractivity contribution in [1.29, 1.82) is 15.9 Å². The van der Waals surface area contributed by atoms with Gasteiger partial charge < -0.3 is 15.4 Å². The zero-order valence-electron chi connectivity index (χ0n) is 15.3. The summed E-state index contributed by atoms with van der Waals surface area (Å²) in [6.45, 7) is 0.676. The Bertz CT molecular complexity index is 1030. The predicted molar refractivity (Wildman–Crippen MR) is 102 cm³/mol. The molecule has 3 rings (SSSR count). The lowest BCUT2D eigenvalue weighted by Gasteiger charge is -2.42. The van der Waals surface area contributed by atoms with Crippen LogP contribution in [0.5, 0.6) is 0 Å². The molecule has 29 heavy (non-hydrogen) atoms. The molecule has 0 unspecified atom stereocenters. The second-order valence-electron chi connectivity index (χ2n) is 6.50. The van der Waals surface area contributed by atoms with Crippen molar-refractivity contribution >= 4 is 17.7 Å². The van der Waals surface area contributed by atoms with E-state index in [-0.39, 0.29) is 29.3 Å². The molecular formula is C20H17FN6O2. The molecule has 0 aromatic heterocycles. The number of nitrogens with two attached hydrogens (primary N) is 1. The van der Waals surface area contributed by atoms with Crippen molar-refractivity contribution in [3.63, 3.8) is 0 Å². The number of hydrogen-bond donors (Lipinski definition) is 3. The number of halogens is 1. The van der Waals surface area contributed by atoms with Crippen molar-refractivity contribution in [2.45, 2.75) is 12.5 Å². The summed E-state index contributed by atoms with van der Waals surface area (Å²) in [7, 11) is 0. The van der Waals surface area contributed by atoms with E-state index in [1.807, 2.05) is 23.5 Å². The smallest absolute Gasteiger partial charge is 0.414 e. The molecule has 1 aliphatic rings. The van der Waals surface area contributed by atoms with Crippen LogP contribution in [-0.4, -0.2) is 25.1 Å². The molecule has 0 bridgehead atoms. The van der Waals surface area contributed by atoms with Crippen molar-refractivity contribution in [2.75, 3.05) is 18.0 Å². The molecule has 9 heteroatoms. The van der Waals surface area contributed by atoms with Crippen LogP contribution in [0.4, 0.5) is 14.9 Å². The van der Waals surface area contributed by atoms with E-state index < -0.39 is 17.9 Å². The first kappa shape index (κ1) is 19.6. The Morgan fingerprint density at radius 1 is 1.24 bits per heavy atom. The molecule has 1 aliphatic heterocycles. The molecule has 0 spiro atoms. The fourth-order valence-corrected chi connectivity index (χ4v) is 3.11. The summed E-state index contributed by atoms with van der Waals surface area (Å²) < 4.78 is 19.9. The molecular weight excluding hydrogens is 375 g/mol. The van der Waals surface area contributed by atoms with Gasteiger partial charge in [0.25, 0.3) is 0 Å². The van der Waals surface area contributed by atoms with Gasteiger partial charge in [0, 0.05) is 24.6 Å². The lowest BCUT2D eigenvalue weighted by Crippen LogP contribution is -2.46.